The van der Waals surface area contributed by atoms with Gasteiger partial charge in [0.15, 0.2) is 0 Å². The molecule has 0 spiro atoms. The van der Waals surface area contributed by atoms with Crippen LogP contribution >= 0.6 is 45.3 Å². The summed E-state index contributed by atoms with van der Waals surface area (Å²) in [7, 11) is 0. The van der Waals surface area contributed by atoms with E-state index in [-0.39, 0.29) is 0 Å². The first-order valence-corrected chi connectivity index (χ1v) is 15.6. The fourth-order valence-corrected chi connectivity index (χ4v) is 8.41. The van der Waals surface area contributed by atoms with E-state index in [0.717, 1.165) is 38.5 Å². The summed E-state index contributed by atoms with van der Waals surface area (Å²) >= 11 is 7.65. The van der Waals surface area contributed by atoms with Crippen LogP contribution in [0.25, 0.3) is 29.3 Å². The molecule has 0 saturated carbocycles. The minimum Gasteiger partial charge on any atom is -0.396 e. The standard InChI is InChI=1S/C28H34O2S4/c29-19-7-3-1-5-9-21-11-13-23(31-21)25-15-17-27(33-25)28-18-16-26(34-28)24-14-12-22(32-24)10-6-2-4-8-20-30/h11-18,29-30H,1-10,19-20H2. The van der Waals surface area contributed by atoms with Crippen molar-refractivity contribution in [3.05, 3.63) is 58.3 Å². The smallest absolute Gasteiger partial charge is 0.0449 e. The van der Waals surface area contributed by atoms with E-state index < -0.39 is 0 Å². The van der Waals surface area contributed by atoms with E-state index in [4.69, 9.17) is 10.2 Å². The molecular formula is C28H34O2S4. The Bertz CT molecular complexity index is 1030. The van der Waals surface area contributed by atoms with Gasteiger partial charge >= 0.3 is 0 Å². The molecule has 0 amide bonds. The lowest BCUT2D eigenvalue weighted by atomic mass is 10.1. The molecule has 0 unspecified atom stereocenters. The minimum absolute atomic E-state index is 0.316. The second-order valence-electron chi connectivity index (χ2n) is 8.64. The van der Waals surface area contributed by atoms with Crippen LogP contribution in [0.2, 0.25) is 0 Å². The molecular weight excluding hydrogens is 497 g/mol. The Kier molecular flexibility index (Phi) is 10.4. The fourth-order valence-electron chi connectivity index (χ4n) is 4.02. The summed E-state index contributed by atoms with van der Waals surface area (Å²) in [5, 5.41) is 17.8. The third-order valence-corrected chi connectivity index (χ3v) is 11.0. The van der Waals surface area contributed by atoms with Gasteiger partial charge in [-0.15, -0.1) is 45.3 Å². The molecule has 0 atom stereocenters. The van der Waals surface area contributed by atoms with Gasteiger partial charge in [0.05, 0.1) is 0 Å². The first-order valence-electron chi connectivity index (χ1n) is 12.4. The third kappa shape index (κ3) is 7.36. The van der Waals surface area contributed by atoms with E-state index in [1.54, 1.807) is 0 Å². The van der Waals surface area contributed by atoms with Crippen LogP contribution in [0.3, 0.4) is 0 Å². The molecule has 0 radical (unpaired) electrons. The van der Waals surface area contributed by atoms with Crippen LogP contribution in [-0.4, -0.2) is 23.4 Å². The molecule has 0 bridgehead atoms. The summed E-state index contributed by atoms with van der Waals surface area (Å²) in [5.41, 5.74) is 0. The third-order valence-electron chi connectivity index (χ3n) is 5.93. The Morgan fingerprint density at radius 3 is 1.09 bits per heavy atom. The zero-order valence-corrected chi connectivity index (χ0v) is 22.9. The quantitative estimate of drug-likeness (QED) is 0.150. The molecule has 0 saturated heterocycles. The van der Waals surface area contributed by atoms with E-state index in [1.165, 1.54) is 64.7 Å². The fraction of sp³-hybridized carbons (Fsp3) is 0.429. The van der Waals surface area contributed by atoms with Crippen molar-refractivity contribution in [3.63, 3.8) is 0 Å². The monoisotopic (exact) mass is 530 g/mol. The van der Waals surface area contributed by atoms with Crippen LogP contribution in [0.4, 0.5) is 0 Å². The Morgan fingerprint density at radius 1 is 0.382 bits per heavy atom. The van der Waals surface area contributed by atoms with Crippen molar-refractivity contribution >= 4 is 45.3 Å². The number of hydrogen-bond donors (Lipinski definition) is 2. The number of aliphatic hydroxyl groups is 2. The topological polar surface area (TPSA) is 40.5 Å². The molecule has 4 heterocycles. The van der Waals surface area contributed by atoms with Gasteiger partial charge in [-0.05, 0) is 87.1 Å². The predicted octanol–water partition coefficient (Wildman–Crippen LogP) is 9.12. The number of hydrogen-bond acceptors (Lipinski definition) is 6. The van der Waals surface area contributed by atoms with Crippen molar-refractivity contribution in [1.82, 2.24) is 0 Å². The molecule has 4 rings (SSSR count). The normalized spacial score (nSPS) is 11.5. The van der Waals surface area contributed by atoms with E-state index >= 15 is 0 Å². The van der Waals surface area contributed by atoms with E-state index in [0.29, 0.717) is 13.2 Å². The van der Waals surface area contributed by atoms with Crippen molar-refractivity contribution in [2.24, 2.45) is 0 Å². The van der Waals surface area contributed by atoms with Gasteiger partial charge in [-0.2, -0.15) is 0 Å². The van der Waals surface area contributed by atoms with Crippen LogP contribution in [0, 0.1) is 0 Å². The molecule has 2 N–H and O–H groups in total. The number of unbranched alkanes of at least 4 members (excludes halogenated alkanes) is 6. The Labute approximate surface area is 219 Å². The first-order chi connectivity index (χ1) is 16.8. The first kappa shape index (κ1) is 25.8. The van der Waals surface area contributed by atoms with Gasteiger partial charge in [0, 0.05) is 52.2 Å². The molecule has 0 aliphatic carbocycles. The zero-order valence-electron chi connectivity index (χ0n) is 19.6. The second kappa shape index (κ2) is 13.7. The molecule has 6 heteroatoms. The van der Waals surface area contributed by atoms with Crippen molar-refractivity contribution in [1.29, 1.82) is 0 Å². The highest BCUT2D eigenvalue weighted by Crippen LogP contribution is 2.43. The number of thiophene rings is 4. The highest BCUT2D eigenvalue weighted by molar-refractivity contribution is 7.28. The molecule has 182 valence electrons. The summed E-state index contributed by atoms with van der Waals surface area (Å²) in [6.45, 7) is 0.632. The Morgan fingerprint density at radius 2 is 0.706 bits per heavy atom. The van der Waals surface area contributed by atoms with E-state index in [9.17, 15) is 0 Å². The molecule has 0 aromatic carbocycles. The summed E-state index contributed by atoms with van der Waals surface area (Å²) in [4.78, 5) is 11.1. The molecule has 4 aromatic heterocycles. The highest BCUT2D eigenvalue weighted by atomic mass is 32.1. The van der Waals surface area contributed by atoms with Gasteiger partial charge in [-0.25, -0.2) is 0 Å². The van der Waals surface area contributed by atoms with Gasteiger partial charge in [-0.3, -0.25) is 0 Å². The van der Waals surface area contributed by atoms with Crippen molar-refractivity contribution in [2.75, 3.05) is 13.2 Å². The lowest BCUT2D eigenvalue weighted by molar-refractivity contribution is 0.282. The van der Waals surface area contributed by atoms with Gasteiger partial charge in [-0.1, -0.05) is 25.7 Å². The predicted molar refractivity (Wildman–Crippen MR) is 153 cm³/mol. The van der Waals surface area contributed by atoms with Crippen molar-refractivity contribution in [3.8, 4) is 29.3 Å². The SMILES string of the molecule is OCCCCCCc1ccc(-c2ccc(-c3ccc(-c4ccc(CCCCCCO)s4)s3)s2)s1. The van der Waals surface area contributed by atoms with Crippen LogP contribution in [0.1, 0.15) is 61.1 Å². The zero-order chi connectivity index (χ0) is 23.6. The lowest BCUT2D eigenvalue weighted by Gasteiger charge is -1.98. The second-order valence-corrected chi connectivity index (χ2v) is 13.1. The van der Waals surface area contributed by atoms with Gasteiger partial charge in [0.25, 0.3) is 0 Å². The molecule has 0 aliphatic heterocycles. The summed E-state index contributed by atoms with van der Waals surface area (Å²) in [5.74, 6) is 0. The van der Waals surface area contributed by atoms with Gasteiger partial charge < -0.3 is 10.2 Å². The molecule has 2 nitrogen and oxygen atoms in total. The Balaban J connectivity index is 1.32. The van der Waals surface area contributed by atoms with Crippen LogP contribution in [0.5, 0.6) is 0 Å². The van der Waals surface area contributed by atoms with E-state index in [2.05, 4.69) is 48.5 Å². The highest BCUT2D eigenvalue weighted by Gasteiger charge is 2.12. The maximum atomic E-state index is 8.91. The lowest BCUT2D eigenvalue weighted by Crippen LogP contribution is -1.85. The van der Waals surface area contributed by atoms with Crippen LogP contribution in [0.15, 0.2) is 48.5 Å². The molecule has 0 fully saturated rings. The van der Waals surface area contributed by atoms with Crippen molar-refractivity contribution < 1.29 is 10.2 Å². The minimum atomic E-state index is 0.316. The van der Waals surface area contributed by atoms with E-state index in [1.807, 2.05) is 45.3 Å². The van der Waals surface area contributed by atoms with Crippen LogP contribution < -0.4 is 0 Å². The van der Waals surface area contributed by atoms with Crippen LogP contribution in [-0.2, 0) is 12.8 Å². The summed E-state index contributed by atoms with van der Waals surface area (Å²) in [6, 6.07) is 18.2. The summed E-state index contributed by atoms with van der Waals surface area (Å²) < 4.78 is 0. The summed E-state index contributed by atoms with van der Waals surface area (Å²) in [6.07, 6.45) is 11.2. The van der Waals surface area contributed by atoms with Gasteiger partial charge in [0.2, 0.25) is 0 Å². The largest absolute Gasteiger partial charge is 0.396 e. The maximum absolute atomic E-state index is 8.91. The molecule has 34 heavy (non-hydrogen) atoms. The number of rotatable bonds is 15. The van der Waals surface area contributed by atoms with Crippen molar-refractivity contribution in [2.45, 2.75) is 64.2 Å². The average molecular weight is 531 g/mol. The van der Waals surface area contributed by atoms with Gasteiger partial charge in [0.1, 0.15) is 0 Å². The average Bonchev–Trinajstić information content (AvgIpc) is 3.64. The number of aryl methyl sites for hydroxylation is 2. The maximum Gasteiger partial charge on any atom is 0.0449 e. The molecule has 4 aromatic rings. The Hall–Kier alpha value is -1.28. The number of aliphatic hydroxyl groups excluding tert-OH is 2. The molecule has 0 aliphatic rings.